The van der Waals surface area contributed by atoms with Gasteiger partial charge in [-0.05, 0) is 5.92 Å². The molecule has 2 N–H and O–H groups in total. The standard InChI is InChI=1S/C4H11NO3S.Na/c1-3(2)4(5)9(6,7)8;/h3-4H,5H2,1-2H3,(H,6,7,8);/q;+1/p-1. The monoisotopic (exact) mass is 175 g/mol. The Hall–Kier alpha value is 0.870. The van der Waals surface area contributed by atoms with E-state index in [0.29, 0.717) is 0 Å². The summed E-state index contributed by atoms with van der Waals surface area (Å²) in [7, 11) is -4.27. The van der Waals surface area contributed by atoms with Crippen LogP contribution < -0.4 is 35.3 Å². The smallest absolute Gasteiger partial charge is 0.747 e. The van der Waals surface area contributed by atoms with Crippen LogP contribution in [0.15, 0.2) is 0 Å². The van der Waals surface area contributed by atoms with Crippen molar-refractivity contribution in [3.8, 4) is 0 Å². The van der Waals surface area contributed by atoms with Crippen molar-refractivity contribution < 1.29 is 42.5 Å². The van der Waals surface area contributed by atoms with Crippen LogP contribution in [0.3, 0.4) is 0 Å². The van der Waals surface area contributed by atoms with Crippen LogP contribution in [0, 0.1) is 5.92 Å². The summed E-state index contributed by atoms with van der Waals surface area (Å²) in [5.74, 6) is -0.313. The number of nitrogens with two attached hydrogens (primary N) is 1. The van der Waals surface area contributed by atoms with Gasteiger partial charge in [-0.1, -0.05) is 13.8 Å². The Morgan fingerprint density at radius 2 is 1.70 bits per heavy atom. The van der Waals surface area contributed by atoms with Gasteiger partial charge >= 0.3 is 29.6 Å². The van der Waals surface area contributed by atoms with Crippen LogP contribution in [0.4, 0.5) is 0 Å². The predicted octanol–water partition coefficient (Wildman–Crippen LogP) is -3.52. The first-order valence-corrected chi connectivity index (χ1v) is 4.03. The fourth-order valence-corrected chi connectivity index (χ4v) is 1.00. The fourth-order valence-electron chi connectivity index (χ4n) is 0.333. The summed E-state index contributed by atoms with van der Waals surface area (Å²) in [5.41, 5.74) is 4.99. The van der Waals surface area contributed by atoms with Crippen LogP contribution in [0.25, 0.3) is 0 Å². The predicted molar refractivity (Wildman–Crippen MR) is 32.5 cm³/mol. The van der Waals surface area contributed by atoms with Crippen molar-refractivity contribution in [3.05, 3.63) is 0 Å². The molecule has 0 saturated heterocycles. The maximum absolute atomic E-state index is 10.1. The average Bonchev–Trinajstić information content (AvgIpc) is 1.62. The van der Waals surface area contributed by atoms with E-state index in [1.165, 1.54) is 0 Å². The topological polar surface area (TPSA) is 83.2 Å². The average molecular weight is 175 g/mol. The van der Waals surface area contributed by atoms with Gasteiger partial charge in [-0.25, -0.2) is 8.42 Å². The first-order chi connectivity index (χ1) is 3.85. The minimum absolute atomic E-state index is 0. The van der Waals surface area contributed by atoms with Crippen molar-refractivity contribution in [2.75, 3.05) is 0 Å². The van der Waals surface area contributed by atoms with Crippen molar-refractivity contribution >= 4 is 10.1 Å². The normalized spacial score (nSPS) is 14.5. The third-order valence-electron chi connectivity index (χ3n) is 0.990. The van der Waals surface area contributed by atoms with E-state index in [9.17, 15) is 13.0 Å². The Morgan fingerprint density at radius 1 is 1.40 bits per heavy atom. The Kier molecular flexibility index (Phi) is 6.31. The van der Waals surface area contributed by atoms with Gasteiger partial charge < -0.3 is 10.3 Å². The van der Waals surface area contributed by atoms with E-state index in [1.54, 1.807) is 13.8 Å². The number of hydrogen-bond donors (Lipinski definition) is 1. The molecule has 0 aromatic carbocycles. The Labute approximate surface area is 83.2 Å². The molecular weight excluding hydrogens is 165 g/mol. The molecule has 0 aromatic heterocycles. The summed E-state index contributed by atoms with van der Waals surface area (Å²) in [4.78, 5) is 0. The molecule has 0 aliphatic heterocycles. The number of rotatable bonds is 2. The van der Waals surface area contributed by atoms with Crippen LogP contribution in [-0.2, 0) is 10.1 Å². The minimum atomic E-state index is -4.27. The van der Waals surface area contributed by atoms with E-state index < -0.39 is 15.5 Å². The van der Waals surface area contributed by atoms with Gasteiger partial charge in [-0.3, -0.25) is 0 Å². The molecule has 0 bridgehead atoms. The van der Waals surface area contributed by atoms with Crippen LogP contribution in [0.2, 0.25) is 0 Å². The third kappa shape index (κ3) is 4.65. The van der Waals surface area contributed by atoms with E-state index in [0.717, 1.165) is 0 Å². The van der Waals surface area contributed by atoms with Gasteiger partial charge in [0.05, 0.1) is 5.37 Å². The zero-order chi connectivity index (χ0) is 7.65. The van der Waals surface area contributed by atoms with Gasteiger partial charge in [0.1, 0.15) is 10.1 Å². The second-order valence-corrected chi connectivity index (χ2v) is 3.73. The summed E-state index contributed by atoms with van der Waals surface area (Å²) < 4.78 is 30.3. The van der Waals surface area contributed by atoms with Crippen molar-refractivity contribution in [2.45, 2.75) is 19.2 Å². The summed E-state index contributed by atoms with van der Waals surface area (Å²) in [6.45, 7) is 3.17. The molecule has 0 rings (SSSR count). The Morgan fingerprint density at radius 3 is 1.70 bits per heavy atom. The fraction of sp³-hybridized carbons (Fsp3) is 1.00. The molecule has 0 aliphatic rings. The first-order valence-electron chi connectivity index (χ1n) is 2.56. The maximum Gasteiger partial charge on any atom is 1.00 e. The Bertz CT molecular complexity index is 177. The van der Waals surface area contributed by atoms with Crippen molar-refractivity contribution in [3.63, 3.8) is 0 Å². The van der Waals surface area contributed by atoms with E-state index in [1.807, 2.05) is 0 Å². The largest absolute Gasteiger partial charge is 1.00 e. The molecule has 0 aliphatic carbocycles. The molecule has 10 heavy (non-hydrogen) atoms. The summed E-state index contributed by atoms with van der Waals surface area (Å²) in [6.07, 6.45) is 0. The zero-order valence-electron chi connectivity index (χ0n) is 6.37. The third-order valence-corrected chi connectivity index (χ3v) is 2.20. The van der Waals surface area contributed by atoms with Crippen molar-refractivity contribution in [1.29, 1.82) is 0 Å². The van der Waals surface area contributed by atoms with Crippen molar-refractivity contribution in [1.82, 2.24) is 0 Å². The van der Waals surface area contributed by atoms with E-state index in [2.05, 4.69) is 0 Å². The maximum atomic E-state index is 10.1. The first kappa shape index (κ1) is 13.5. The molecule has 0 radical (unpaired) electrons. The van der Waals surface area contributed by atoms with Gasteiger partial charge in [0.25, 0.3) is 0 Å². The minimum Gasteiger partial charge on any atom is -0.747 e. The molecular formula is C4H10NNaO3S. The molecule has 0 spiro atoms. The van der Waals surface area contributed by atoms with E-state index in [4.69, 9.17) is 5.73 Å². The molecule has 4 nitrogen and oxygen atoms in total. The van der Waals surface area contributed by atoms with Gasteiger partial charge in [-0.2, -0.15) is 0 Å². The molecule has 1 unspecified atom stereocenters. The summed E-state index contributed by atoms with van der Waals surface area (Å²) >= 11 is 0. The van der Waals surface area contributed by atoms with Crippen LogP contribution in [-0.4, -0.2) is 18.3 Å². The quantitative estimate of drug-likeness (QED) is 0.348. The van der Waals surface area contributed by atoms with Gasteiger partial charge in [0, 0.05) is 0 Å². The Balaban J connectivity index is 0. The van der Waals surface area contributed by atoms with Gasteiger partial charge in [0.2, 0.25) is 0 Å². The molecule has 0 heterocycles. The second kappa shape index (κ2) is 4.69. The molecule has 1 atom stereocenters. The summed E-state index contributed by atoms with van der Waals surface area (Å²) in [5, 5.41) is -1.27. The second-order valence-electron chi connectivity index (χ2n) is 2.20. The molecule has 6 heteroatoms. The molecule has 56 valence electrons. The van der Waals surface area contributed by atoms with Crippen molar-refractivity contribution in [2.24, 2.45) is 11.7 Å². The molecule has 0 aromatic rings. The summed E-state index contributed by atoms with van der Waals surface area (Å²) in [6, 6.07) is 0. The molecule has 0 amide bonds. The van der Waals surface area contributed by atoms with Gasteiger partial charge in [-0.15, -0.1) is 0 Å². The van der Waals surface area contributed by atoms with E-state index in [-0.39, 0.29) is 35.5 Å². The SMILES string of the molecule is CC(C)C(N)S(=O)(=O)[O-].[Na+]. The van der Waals surface area contributed by atoms with Crippen LogP contribution in [0.5, 0.6) is 0 Å². The molecule has 0 saturated carbocycles. The van der Waals surface area contributed by atoms with E-state index >= 15 is 0 Å². The molecule has 0 fully saturated rings. The zero-order valence-corrected chi connectivity index (χ0v) is 9.18. The van der Waals surface area contributed by atoms with Crippen LogP contribution >= 0.6 is 0 Å². The van der Waals surface area contributed by atoms with Gasteiger partial charge in [0.15, 0.2) is 0 Å². The number of hydrogen-bond acceptors (Lipinski definition) is 4. The van der Waals surface area contributed by atoms with Crippen LogP contribution in [0.1, 0.15) is 13.8 Å².